The van der Waals surface area contributed by atoms with Crippen LogP contribution in [-0.4, -0.2) is 51.8 Å². The number of amides is 1. The lowest BCUT2D eigenvalue weighted by molar-refractivity contribution is 0.0910. The number of fused-ring (bicyclic) bond motifs is 1. The van der Waals surface area contributed by atoms with E-state index in [4.69, 9.17) is 14.1 Å². The van der Waals surface area contributed by atoms with Gasteiger partial charge in [-0.2, -0.15) is 5.10 Å². The highest BCUT2D eigenvalue weighted by atomic mass is 19.1. The average Bonchev–Trinajstić information content (AvgIpc) is 3.55. The first kappa shape index (κ1) is 24.0. The van der Waals surface area contributed by atoms with Crippen molar-refractivity contribution in [2.75, 3.05) is 20.2 Å². The zero-order valence-electron chi connectivity index (χ0n) is 20.7. The average molecular weight is 492 g/mol. The van der Waals surface area contributed by atoms with E-state index in [1.54, 1.807) is 30.7 Å². The lowest BCUT2D eigenvalue weighted by atomic mass is 10.0. The minimum atomic E-state index is -0.351. The number of nitrogens with zero attached hydrogens (tertiary/aromatic N) is 4. The van der Waals surface area contributed by atoms with Crippen molar-refractivity contribution >= 4 is 16.9 Å². The molecule has 0 atom stereocenters. The van der Waals surface area contributed by atoms with Gasteiger partial charge in [0, 0.05) is 31.7 Å². The number of piperidine rings is 1. The minimum absolute atomic E-state index is 0.0526. The predicted octanol–water partition coefficient (Wildman–Crippen LogP) is 4.81. The molecular weight excluding hydrogens is 461 g/mol. The molecule has 4 heterocycles. The van der Waals surface area contributed by atoms with E-state index in [-0.39, 0.29) is 29.6 Å². The van der Waals surface area contributed by atoms with Gasteiger partial charge in [-0.1, -0.05) is 6.07 Å². The van der Waals surface area contributed by atoms with Gasteiger partial charge in [-0.3, -0.25) is 9.69 Å². The predicted molar refractivity (Wildman–Crippen MR) is 134 cm³/mol. The highest BCUT2D eigenvalue weighted by molar-refractivity contribution is 6.06. The van der Waals surface area contributed by atoms with Crippen LogP contribution in [0.3, 0.4) is 0 Å². The SMILES string of the molecule is COc1ccc(CN2CCC(NC(=O)c3cc(-c4ccco4)nc4c3cnn4C(C)C)CC2)cc1F. The van der Waals surface area contributed by atoms with Crippen LogP contribution in [-0.2, 0) is 6.54 Å². The van der Waals surface area contributed by atoms with Gasteiger partial charge in [-0.15, -0.1) is 0 Å². The summed E-state index contributed by atoms with van der Waals surface area (Å²) in [4.78, 5) is 20.4. The van der Waals surface area contributed by atoms with Gasteiger partial charge >= 0.3 is 0 Å². The lowest BCUT2D eigenvalue weighted by Crippen LogP contribution is -2.44. The monoisotopic (exact) mass is 491 g/mol. The molecule has 4 aromatic rings. The number of furan rings is 1. The van der Waals surface area contributed by atoms with Crippen LogP contribution in [0.4, 0.5) is 4.39 Å². The topological polar surface area (TPSA) is 85.4 Å². The Kier molecular flexibility index (Phi) is 6.73. The molecule has 0 bridgehead atoms. The van der Waals surface area contributed by atoms with Crippen LogP contribution in [0.2, 0.25) is 0 Å². The fourth-order valence-corrected chi connectivity index (χ4v) is 4.70. The van der Waals surface area contributed by atoms with Gasteiger partial charge in [0.05, 0.1) is 30.5 Å². The summed E-state index contributed by atoms with van der Waals surface area (Å²) in [6, 6.07) is 10.6. The summed E-state index contributed by atoms with van der Waals surface area (Å²) in [6.45, 7) is 6.34. The van der Waals surface area contributed by atoms with Crippen LogP contribution >= 0.6 is 0 Å². The molecule has 8 nitrogen and oxygen atoms in total. The van der Waals surface area contributed by atoms with Gasteiger partial charge in [-0.25, -0.2) is 14.1 Å². The Morgan fingerprint density at radius 1 is 1.25 bits per heavy atom. The van der Waals surface area contributed by atoms with Gasteiger partial charge in [0.15, 0.2) is 23.0 Å². The zero-order chi connectivity index (χ0) is 25.2. The highest BCUT2D eigenvalue weighted by Crippen LogP contribution is 2.27. The number of pyridine rings is 1. The normalized spacial score (nSPS) is 15.0. The second-order valence-corrected chi connectivity index (χ2v) is 9.45. The molecule has 1 saturated heterocycles. The van der Waals surface area contributed by atoms with Crippen LogP contribution in [0.25, 0.3) is 22.5 Å². The van der Waals surface area contributed by atoms with Crippen LogP contribution in [0.15, 0.2) is 53.3 Å². The molecule has 9 heteroatoms. The Bertz CT molecular complexity index is 1360. The Labute approximate surface area is 209 Å². The molecule has 36 heavy (non-hydrogen) atoms. The van der Waals surface area contributed by atoms with Crippen molar-refractivity contribution in [3.05, 3.63) is 65.8 Å². The Morgan fingerprint density at radius 2 is 2.06 bits per heavy atom. The third-order valence-corrected chi connectivity index (χ3v) is 6.62. The second-order valence-electron chi connectivity index (χ2n) is 9.45. The number of rotatable bonds is 7. The smallest absolute Gasteiger partial charge is 0.252 e. The summed E-state index contributed by atoms with van der Waals surface area (Å²) in [6.07, 6.45) is 4.93. The van der Waals surface area contributed by atoms with E-state index >= 15 is 0 Å². The number of benzene rings is 1. The molecule has 1 aromatic carbocycles. The van der Waals surface area contributed by atoms with Crippen molar-refractivity contribution in [3.8, 4) is 17.2 Å². The Morgan fingerprint density at radius 3 is 2.72 bits per heavy atom. The maximum atomic E-state index is 14.0. The number of nitrogens with one attached hydrogen (secondary N) is 1. The summed E-state index contributed by atoms with van der Waals surface area (Å²) in [5.74, 6) is 0.356. The quantitative estimate of drug-likeness (QED) is 0.399. The summed E-state index contributed by atoms with van der Waals surface area (Å²) in [7, 11) is 1.46. The van der Waals surface area contributed by atoms with Gasteiger partial charge in [0.2, 0.25) is 0 Å². The standard InChI is InChI=1S/C27H30FN5O3/c1-17(2)33-26-21(15-29-33)20(14-23(31-26)25-5-4-12-36-25)27(34)30-19-8-10-32(11-9-19)16-18-6-7-24(35-3)22(28)13-18/h4-7,12-15,17,19H,8-11,16H2,1-3H3,(H,30,34). The highest BCUT2D eigenvalue weighted by Gasteiger charge is 2.24. The van der Waals surface area contributed by atoms with E-state index in [1.807, 2.05) is 30.7 Å². The zero-order valence-corrected chi connectivity index (χ0v) is 20.7. The van der Waals surface area contributed by atoms with Gasteiger partial charge in [0.1, 0.15) is 5.69 Å². The van der Waals surface area contributed by atoms with Crippen molar-refractivity contribution in [1.82, 2.24) is 25.0 Å². The Hall–Kier alpha value is -3.72. The Balaban J connectivity index is 1.29. The molecule has 0 saturated carbocycles. The molecule has 5 rings (SSSR count). The number of methoxy groups -OCH3 is 1. The van der Waals surface area contributed by atoms with Crippen molar-refractivity contribution in [1.29, 1.82) is 0 Å². The van der Waals surface area contributed by atoms with Gasteiger partial charge < -0.3 is 14.5 Å². The van der Waals surface area contributed by atoms with Crippen LogP contribution in [0.1, 0.15) is 48.7 Å². The number of halogens is 1. The van der Waals surface area contributed by atoms with Gasteiger partial charge in [0.25, 0.3) is 5.91 Å². The third kappa shape index (κ3) is 4.83. The fraction of sp³-hybridized carbons (Fsp3) is 0.370. The molecule has 0 spiro atoms. The van der Waals surface area contributed by atoms with E-state index < -0.39 is 0 Å². The first-order valence-corrected chi connectivity index (χ1v) is 12.2. The number of hydrogen-bond donors (Lipinski definition) is 1. The largest absolute Gasteiger partial charge is 0.494 e. The van der Waals surface area contributed by atoms with Crippen LogP contribution in [0.5, 0.6) is 5.75 Å². The number of hydrogen-bond acceptors (Lipinski definition) is 6. The second kappa shape index (κ2) is 10.1. The third-order valence-electron chi connectivity index (χ3n) is 6.62. The molecule has 0 unspecified atom stereocenters. The molecule has 3 aromatic heterocycles. The van der Waals surface area contributed by atoms with Crippen LogP contribution in [0, 0.1) is 5.82 Å². The molecule has 1 aliphatic rings. The van der Waals surface area contributed by atoms with E-state index in [9.17, 15) is 9.18 Å². The van der Waals surface area contributed by atoms with E-state index in [2.05, 4.69) is 15.3 Å². The molecule has 1 fully saturated rings. The summed E-state index contributed by atoms with van der Waals surface area (Å²) in [5.41, 5.74) is 2.70. The molecule has 1 aliphatic heterocycles. The first-order chi connectivity index (χ1) is 17.4. The summed E-state index contributed by atoms with van der Waals surface area (Å²) in [5, 5.41) is 8.40. The molecule has 188 valence electrons. The maximum Gasteiger partial charge on any atom is 0.252 e. The molecule has 0 aliphatic carbocycles. The summed E-state index contributed by atoms with van der Waals surface area (Å²) < 4.78 is 26.4. The van der Waals surface area contributed by atoms with E-state index in [0.717, 1.165) is 36.9 Å². The van der Waals surface area contributed by atoms with Gasteiger partial charge in [-0.05, 0) is 62.6 Å². The van der Waals surface area contributed by atoms with Crippen molar-refractivity contribution < 1.29 is 18.3 Å². The van der Waals surface area contributed by atoms with Crippen molar-refractivity contribution in [3.63, 3.8) is 0 Å². The molecule has 1 amide bonds. The van der Waals surface area contributed by atoms with Crippen molar-refractivity contribution in [2.24, 2.45) is 0 Å². The van der Waals surface area contributed by atoms with E-state index in [1.165, 1.54) is 13.2 Å². The number of ether oxygens (including phenoxy) is 1. The molecule has 1 N–H and O–H groups in total. The minimum Gasteiger partial charge on any atom is -0.494 e. The molecule has 0 radical (unpaired) electrons. The van der Waals surface area contributed by atoms with E-state index in [0.29, 0.717) is 29.2 Å². The lowest BCUT2D eigenvalue weighted by Gasteiger charge is -2.32. The van der Waals surface area contributed by atoms with Crippen LogP contribution < -0.4 is 10.1 Å². The first-order valence-electron chi connectivity index (χ1n) is 12.2. The number of carbonyl (C=O) groups is 1. The maximum absolute atomic E-state index is 14.0. The fourth-order valence-electron chi connectivity index (χ4n) is 4.70. The number of carbonyl (C=O) groups excluding carboxylic acids is 1. The molecular formula is C27H30FN5O3. The summed E-state index contributed by atoms with van der Waals surface area (Å²) >= 11 is 0. The number of likely N-dealkylation sites (tertiary alicyclic amines) is 1. The number of aromatic nitrogens is 3. The van der Waals surface area contributed by atoms with Crippen molar-refractivity contribution in [2.45, 2.75) is 45.3 Å².